The molecule has 0 aliphatic carbocycles. The highest BCUT2D eigenvalue weighted by Crippen LogP contribution is 2.38. The normalized spacial score (nSPS) is 16.3. The molecular formula is C19H19F3N8O2S. The second-order valence-electron chi connectivity index (χ2n) is 7.37. The molecule has 10 nitrogen and oxygen atoms in total. The van der Waals surface area contributed by atoms with Crippen molar-refractivity contribution in [3.05, 3.63) is 41.7 Å². The van der Waals surface area contributed by atoms with Crippen molar-refractivity contribution in [1.29, 1.82) is 0 Å². The summed E-state index contributed by atoms with van der Waals surface area (Å²) in [5.74, 6) is 4.13. The summed E-state index contributed by atoms with van der Waals surface area (Å²) in [6.45, 7) is 3.60. The Morgan fingerprint density at radius 2 is 2.00 bits per heavy atom. The first kappa shape index (κ1) is 22.6. The lowest BCUT2D eigenvalue weighted by atomic mass is 10.1. The van der Waals surface area contributed by atoms with Crippen molar-refractivity contribution >= 4 is 35.0 Å². The number of aryl methyl sites for hydroxylation is 2. The van der Waals surface area contributed by atoms with Crippen molar-refractivity contribution in [1.82, 2.24) is 24.7 Å². The van der Waals surface area contributed by atoms with Gasteiger partial charge in [0, 0.05) is 5.69 Å². The monoisotopic (exact) mass is 480 g/mol. The highest BCUT2D eigenvalue weighted by Gasteiger charge is 2.49. The van der Waals surface area contributed by atoms with E-state index in [1.54, 1.807) is 19.9 Å². The second-order valence-corrected chi connectivity index (χ2v) is 8.31. The fraction of sp³-hybridized carbons (Fsp3) is 0.316. The molecule has 0 saturated carbocycles. The number of nitrogens with zero attached hydrogens (tertiary/aromatic N) is 6. The summed E-state index contributed by atoms with van der Waals surface area (Å²) >= 11 is 0.831. The summed E-state index contributed by atoms with van der Waals surface area (Å²) in [4.78, 5) is 25.7. The number of para-hydroxylation sites is 2. The van der Waals surface area contributed by atoms with Crippen LogP contribution in [0.1, 0.15) is 17.8 Å². The van der Waals surface area contributed by atoms with Crippen LogP contribution in [0.4, 0.5) is 24.5 Å². The zero-order chi connectivity index (χ0) is 23.9. The number of amides is 2. The molecule has 0 spiro atoms. The van der Waals surface area contributed by atoms with E-state index in [1.165, 1.54) is 22.9 Å². The second kappa shape index (κ2) is 8.42. The number of rotatable bonds is 4. The third kappa shape index (κ3) is 4.37. The average Bonchev–Trinajstić information content (AvgIpc) is 3.20. The quantitative estimate of drug-likeness (QED) is 0.433. The van der Waals surface area contributed by atoms with Gasteiger partial charge in [0.1, 0.15) is 6.04 Å². The minimum atomic E-state index is -4.81. The van der Waals surface area contributed by atoms with Crippen molar-refractivity contribution in [2.24, 2.45) is 0 Å². The zero-order valence-corrected chi connectivity index (χ0v) is 18.3. The maximum atomic E-state index is 13.8. The van der Waals surface area contributed by atoms with Gasteiger partial charge in [0.15, 0.2) is 0 Å². The molecule has 4 rings (SSSR count). The number of carbonyl (C=O) groups is 2. The van der Waals surface area contributed by atoms with Gasteiger partial charge in [0.2, 0.25) is 17.0 Å². The summed E-state index contributed by atoms with van der Waals surface area (Å²) in [5.41, 5.74) is 1.59. The number of hydrogen-bond donors (Lipinski definition) is 2. The predicted molar refractivity (Wildman–Crippen MR) is 115 cm³/mol. The van der Waals surface area contributed by atoms with Crippen LogP contribution in [0, 0.1) is 13.8 Å². The molecule has 3 aromatic rings. The number of hydrogen-bond acceptors (Lipinski definition) is 7. The van der Waals surface area contributed by atoms with E-state index in [9.17, 15) is 22.8 Å². The molecule has 1 atom stereocenters. The van der Waals surface area contributed by atoms with E-state index in [4.69, 9.17) is 5.84 Å². The van der Waals surface area contributed by atoms with Crippen molar-refractivity contribution in [2.75, 3.05) is 21.8 Å². The van der Waals surface area contributed by atoms with Crippen molar-refractivity contribution in [2.45, 2.75) is 37.6 Å². The number of fused-ring (bicyclic) bond motifs is 1. The van der Waals surface area contributed by atoms with Crippen LogP contribution in [-0.4, -0.2) is 54.4 Å². The first-order valence-electron chi connectivity index (χ1n) is 9.71. The Morgan fingerprint density at radius 1 is 1.27 bits per heavy atom. The summed E-state index contributed by atoms with van der Waals surface area (Å²) in [6.07, 6.45) is -5.73. The molecular weight excluding hydrogens is 461 g/mol. The maximum absolute atomic E-state index is 13.8. The smallest absolute Gasteiger partial charge is 0.334 e. The lowest BCUT2D eigenvalue weighted by Gasteiger charge is -2.31. The van der Waals surface area contributed by atoms with E-state index in [0.29, 0.717) is 4.90 Å². The molecule has 0 radical (unpaired) electrons. The number of benzene rings is 1. The van der Waals surface area contributed by atoms with E-state index >= 15 is 0 Å². The standard InChI is InChI=1S/C19H19F3N8O2S/c1-10-7-11(2)30(27-10)17-25-26-18(29(17)23)33-9-16(32)28-13-6-4-3-5-12(13)24-15(31)8-14(28)19(20,21)22/h3-7,14H,8-9,23H2,1-2H3,(H,24,31). The molecule has 174 valence electrons. The van der Waals surface area contributed by atoms with Gasteiger partial charge in [0.25, 0.3) is 5.95 Å². The fourth-order valence-electron chi connectivity index (χ4n) is 3.54. The number of alkyl halides is 3. The molecule has 0 fully saturated rings. The molecule has 3 heterocycles. The Labute approximate surface area is 189 Å². The van der Waals surface area contributed by atoms with E-state index < -0.39 is 36.2 Å². The number of thioether (sulfide) groups is 1. The van der Waals surface area contributed by atoms with Gasteiger partial charge in [-0.15, -0.1) is 10.2 Å². The van der Waals surface area contributed by atoms with Crippen LogP contribution in [-0.2, 0) is 9.59 Å². The molecule has 1 aliphatic rings. The molecule has 3 N–H and O–H groups in total. The van der Waals surface area contributed by atoms with Gasteiger partial charge >= 0.3 is 6.18 Å². The fourth-order valence-corrected chi connectivity index (χ4v) is 4.25. The van der Waals surface area contributed by atoms with E-state index in [2.05, 4.69) is 20.6 Å². The van der Waals surface area contributed by atoms with Crippen LogP contribution in [0.2, 0.25) is 0 Å². The Hall–Kier alpha value is -3.55. The molecule has 0 saturated heterocycles. The SMILES string of the molecule is Cc1cc(C)n(-c2nnc(SCC(=O)N3c4ccccc4NC(=O)CC3C(F)(F)F)n2N)n1. The Balaban J connectivity index is 1.61. The number of carbonyl (C=O) groups excluding carboxylic acids is 2. The molecule has 14 heteroatoms. The van der Waals surface area contributed by atoms with Crippen molar-refractivity contribution in [3.63, 3.8) is 0 Å². The minimum Gasteiger partial charge on any atom is -0.334 e. The topological polar surface area (TPSA) is 124 Å². The first-order valence-corrected chi connectivity index (χ1v) is 10.7. The number of anilines is 2. The van der Waals surface area contributed by atoms with Crippen molar-refractivity contribution < 1.29 is 22.8 Å². The van der Waals surface area contributed by atoms with Crippen LogP contribution in [0.5, 0.6) is 0 Å². The highest BCUT2D eigenvalue weighted by molar-refractivity contribution is 7.99. The van der Waals surface area contributed by atoms with Crippen LogP contribution in [0.3, 0.4) is 0 Å². The van der Waals surface area contributed by atoms with Gasteiger partial charge in [-0.1, -0.05) is 23.9 Å². The number of nitrogen functional groups attached to an aromatic ring is 1. The van der Waals surface area contributed by atoms with Crippen LogP contribution < -0.4 is 16.1 Å². The average molecular weight is 480 g/mol. The Morgan fingerprint density at radius 3 is 2.67 bits per heavy atom. The molecule has 1 unspecified atom stereocenters. The van der Waals surface area contributed by atoms with Crippen LogP contribution >= 0.6 is 11.8 Å². The summed E-state index contributed by atoms with van der Waals surface area (Å²) in [5, 5.41) is 14.7. The summed E-state index contributed by atoms with van der Waals surface area (Å²) in [6, 6.07) is 5.35. The molecule has 2 amide bonds. The van der Waals surface area contributed by atoms with Gasteiger partial charge in [-0.3, -0.25) is 14.5 Å². The van der Waals surface area contributed by atoms with Crippen LogP contribution in [0.25, 0.3) is 5.95 Å². The molecule has 2 aromatic heterocycles. The van der Waals surface area contributed by atoms with E-state index in [0.717, 1.165) is 27.8 Å². The third-order valence-electron chi connectivity index (χ3n) is 4.94. The first-order chi connectivity index (χ1) is 15.6. The number of halogens is 3. The minimum absolute atomic E-state index is 0.0335. The number of nitrogens with one attached hydrogen (secondary N) is 1. The Bertz CT molecular complexity index is 1220. The zero-order valence-electron chi connectivity index (χ0n) is 17.5. The lowest BCUT2D eigenvalue weighted by Crippen LogP contribution is -2.50. The summed E-state index contributed by atoms with van der Waals surface area (Å²) < 4.78 is 44.0. The largest absolute Gasteiger partial charge is 0.409 e. The lowest BCUT2D eigenvalue weighted by molar-refractivity contribution is -0.157. The van der Waals surface area contributed by atoms with Gasteiger partial charge in [-0.2, -0.15) is 18.3 Å². The molecule has 1 aliphatic heterocycles. The van der Waals surface area contributed by atoms with Crippen LogP contribution in [0.15, 0.2) is 35.5 Å². The summed E-state index contributed by atoms with van der Waals surface area (Å²) in [7, 11) is 0. The van der Waals surface area contributed by atoms with E-state index in [-0.39, 0.29) is 22.5 Å². The van der Waals surface area contributed by atoms with Gasteiger partial charge in [-0.05, 0) is 32.0 Å². The van der Waals surface area contributed by atoms with Crippen molar-refractivity contribution in [3.8, 4) is 5.95 Å². The molecule has 33 heavy (non-hydrogen) atoms. The molecule has 0 bridgehead atoms. The van der Waals surface area contributed by atoms with Gasteiger partial charge in [-0.25, -0.2) is 9.36 Å². The number of nitrogens with two attached hydrogens (primary N) is 1. The van der Waals surface area contributed by atoms with Gasteiger partial charge in [0.05, 0.1) is 29.2 Å². The van der Waals surface area contributed by atoms with Gasteiger partial charge < -0.3 is 11.2 Å². The molecule has 1 aromatic carbocycles. The number of aromatic nitrogens is 5. The third-order valence-corrected chi connectivity index (χ3v) is 5.87. The maximum Gasteiger partial charge on any atom is 0.409 e. The Kier molecular flexibility index (Phi) is 5.78. The predicted octanol–water partition coefficient (Wildman–Crippen LogP) is 2.19. The van der Waals surface area contributed by atoms with E-state index in [1.807, 2.05) is 6.07 Å². The highest BCUT2D eigenvalue weighted by atomic mass is 32.2.